The van der Waals surface area contributed by atoms with Crippen molar-refractivity contribution < 1.29 is 5.11 Å². The van der Waals surface area contributed by atoms with Crippen molar-refractivity contribution in [2.24, 2.45) is 0 Å². The lowest BCUT2D eigenvalue weighted by Gasteiger charge is -2.29. The molecule has 7 rings (SSSR count). The van der Waals surface area contributed by atoms with Gasteiger partial charge in [0.1, 0.15) is 11.4 Å². The normalized spacial score (nSPS) is 14.1. The summed E-state index contributed by atoms with van der Waals surface area (Å²) in [6.07, 6.45) is 0. The number of anilines is 1. The monoisotopic (exact) mass is 488 g/mol. The number of pyridine rings is 2. The first-order chi connectivity index (χ1) is 18.2. The summed E-state index contributed by atoms with van der Waals surface area (Å²) in [6, 6.07) is 23.0. The van der Waals surface area contributed by atoms with Crippen molar-refractivity contribution in [1.29, 1.82) is 0 Å². The number of nitrogens with zero attached hydrogens (tertiary/aromatic N) is 3. The van der Waals surface area contributed by atoms with Crippen LogP contribution in [0.1, 0.15) is 0 Å². The van der Waals surface area contributed by atoms with Crippen molar-refractivity contribution in [1.82, 2.24) is 25.5 Å². The molecule has 1 aliphatic heterocycles. The third-order valence-corrected chi connectivity index (χ3v) is 7.14. The maximum absolute atomic E-state index is 13.5. The average Bonchev–Trinajstić information content (AvgIpc) is 3.37. The van der Waals surface area contributed by atoms with E-state index >= 15 is 0 Å². The van der Waals surface area contributed by atoms with E-state index in [-0.39, 0.29) is 11.3 Å². The van der Waals surface area contributed by atoms with Gasteiger partial charge < -0.3 is 20.3 Å². The molecule has 0 bridgehead atoms. The smallest absolute Gasteiger partial charge is 0.258 e. The summed E-state index contributed by atoms with van der Waals surface area (Å²) in [6.45, 7) is 3.92. The number of hydrogen-bond donors (Lipinski definition) is 4. The van der Waals surface area contributed by atoms with Gasteiger partial charge in [0.2, 0.25) is 0 Å². The molecule has 1 aliphatic rings. The molecule has 0 atom stereocenters. The minimum atomic E-state index is -0.215. The largest absolute Gasteiger partial charge is 0.508 e. The van der Waals surface area contributed by atoms with Gasteiger partial charge in [0.15, 0.2) is 5.65 Å². The van der Waals surface area contributed by atoms with Crippen molar-refractivity contribution in [2.45, 2.75) is 0 Å². The molecule has 1 saturated heterocycles. The fraction of sp³-hybridized carbons (Fsp3) is 0.138. The zero-order valence-corrected chi connectivity index (χ0v) is 20.0. The number of aromatic amines is 2. The minimum absolute atomic E-state index is 0.154. The fourth-order valence-corrected chi connectivity index (χ4v) is 5.34. The molecule has 0 unspecified atom stereocenters. The van der Waals surface area contributed by atoms with Gasteiger partial charge in [-0.05, 0) is 42.5 Å². The number of para-hydroxylation sites is 1. The Balaban J connectivity index is 1.51. The van der Waals surface area contributed by atoms with E-state index in [1.165, 1.54) is 5.69 Å². The quantitative estimate of drug-likeness (QED) is 0.275. The second-order valence-corrected chi connectivity index (χ2v) is 9.34. The van der Waals surface area contributed by atoms with Gasteiger partial charge in [-0.1, -0.05) is 30.3 Å². The molecule has 3 aromatic heterocycles. The predicted octanol–water partition coefficient (Wildman–Crippen LogP) is 4.40. The Morgan fingerprint density at radius 2 is 1.49 bits per heavy atom. The van der Waals surface area contributed by atoms with Crippen LogP contribution in [-0.2, 0) is 0 Å². The standard InChI is InChI=1S/C29H24N6O2/c36-20-11-7-17(8-12-20)26-25-23(21-3-1-2-4-22(21)31-29(25)37)24-27(33-34-28(24)32-26)18-5-9-19(10-6-18)35-15-13-30-14-16-35/h1-12,30,36H,13-16H2,(H,31,37)(H,32,33,34). The number of phenolic OH excluding ortho intramolecular Hbond substituents is 1. The highest BCUT2D eigenvalue weighted by molar-refractivity contribution is 6.23. The van der Waals surface area contributed by atoms with Gasteiger partial charge >= 0.3 is 0 Å². The van der Waals surface area contributed by atoms with Crippen LogP contribution in [0.2, 0.25) is 0 Å². The number of aromatic nitrogens is 4. The van der Waals surface area contributed by atoms with E-state index in [0.717, 1.165) is 64.7 Å². The van der Waals surface area contributed by atoms with Crippen LogP contribution in [-0.4, -0.2) is 51.5 Å². The Bertz CT molecular complexity index is 1830. The van der Waals surface area contributed by atoms with E-state index in [1.807, 2.05) is 24.3 Å². The van der Waals surface area contributed by atoms with Crippen molar-refractivity contribution >= 4 is 38.4 Å². The first-order valence-electron chi connectivity index (χ1n) is 12.4. The second-order valence-electron chi connectivity index (χ2n) is 9.34. The molecule has 4 heterocycles. The van der Waals surface area contributed by atoms with Gasteiger partial charge in [-0.3, -0.25) is 9.89 Å². The lowest BCUT2D eigenvalue weighted by molar-refractivity contribution is 0.475. The Labute approximate surface area is 211 Å². The van der Waals surface area contributed by atoms with Crippen LogP contribution in [0.3, 0.4) is 0 Å². The molecule has 8 nitrogen and oxygen atoms in total. The van der Waals surface area contributed by atoms with E-state index in [9.17, 15) is 9.90 Å². The van der Waals surface area contributed by atoms with E-state index in [2.05, 4.69) is 49.7 Å². The van der Waals surface area contributed by atoms with E-state index in [0.29, 0.717) is 16.7 Å². The summed E-state index contributed by atoms with van der Waals surface area (Å²) in [5, 5.41) is 24.0. The van der Waals surface area contributed by atoms with Crippen LogP contribution in [0.15, 0.2) is 77.6 Å². The highest BCUT2D eigenvalue weighted by Crippen LogP contribution is 2.38. The van der Waals surface area contributed by atoms with Crippen molar-refractivity contribution in [3.63, 3.8) is 0 Å². The van der Waals surface area contributed by atoms with Crippen LogP contribution in [0.5, 0.6) is 5.75 Å². The zero-order chi connectivity index (χ0) is 24.9. The summed E-state index contributed by atoms with van der Waals surface area (Å²) < 4.78 is 0. The molecule has 4 N–H and O–H groups in total. The Morgan fingerprint density at radius 1 is 0.784 bits per heavy atom. The maximum Gasteiger partial charge on any atom is 0.258 e. The molecule has 8 heteroatoms. The molecule has 1 fully saturated rings. The molecule has 0 amide bonds. The number of aromatic hydroxyl groups is 1. The number of nitrogens with one attached hydrogen (secondary N) is 3. The van der Waals surface area contributed by atoms with Crippen LogP contribution in [0.4, 0.5) is 5.69 Å². The van der Waals surface area contributed by atoms with Gasteiger partial charge in [-0.2, -0.15) is 5.10 Å². The summed E-state index contributed by atoms with van der Waals surface area (Å²) >= 11 is 0. The Hall–Kier alpha value is -4.69. The first kappa shape index (κ1) is 21.6. The lowest BCUT2D eigenvalue weighted by atomic mass is 9.97. The molecule has 0 saturated carbocycles. The second kappa shape index (κ2) is 8.46. The van der Waals surface area contributed by atoms with Gasteiger partial charge in [0.25, 0.3) is 5.56 Å². The molecular weight excluding hydrogens is 464 g/mol. The highest BCUT2D eigenvalue weighted by Gasteiger charge is 2.21. The van der Waals surface area contributed by atoms with Crippen LogP contribution in [0.25, 0.3) is 55.2 Å². The molecule has 182 valence electrons. The van der Waals surface area contributed by atoms with Gasteiger partial charge in [0, 0.05) is 59.3 Å². The van der Waals surface area contributed by atoms with Crippen LogP contribution < -0.4 is 15.8 Å². The lowest BCUT2D eigenvalue weighted by Crippen LogP contribution is -2.43. The first-order valence-corrected chi connectivity index (χ1v) is 12.4. The summed E-state index contributed by atoms with van der Waals surface area (Å²) in [5.74, 6) is 0.154. The highest BCUT2D eigenvalue weighted by atomic mass is 16.3. The van der Waals surface area contributed by atoms with Gasteiger partial charge in [-0.25, -0.2) is 4.98 Å². The Kier molecular flexibility index (Phi) is 4.93. The van der Waals surface area contributed by atoms with Crippen LogP contribution >= 0.6 is 0 Å². The number of benzene rings is 3. The zero-order valence-electron chi connectivity index (χ0n) is 20.0. The molecule has 0 aliphatic carbocycles. The third kappa shape index (κ3) is 3.53. The molecule has 0 radical (unpaired) electrons. The van der Waals surface area contributed by atoms with Gasteiger partial charge in [-0.15, -0.1) is 0 Å². The Morgan fingerprint density at radius 3 is 2.27 bits per heavy atom. The van der Waals surface area contributed by atoms with E-state index < -0.39 is 0 Å². The van der Waals surface area contributed by atoms with Crippen LogP contribution in [0, 0.1) is 0 Å². The average molecular weight is 489 g/mol. The van der Waals surface area contributed by atoms with E-state index in [1.54, 1.807) is 24.3 Å². The molecule has 3 aromatic carbocycles. The summed E-state index contributed by atoms with van der Waals surface area (Å²) in [7, 11) is 0. The summed E-state index contributed by atoms with van der Waals surface area (Å²) in [4.78, 5) is 23.8. The molecule has 6 aromatic rings. The van der Waals surface area contributed by atoms with Crippen molar-refractivity contribution in [3.8, 4) is 28.3 Å². The molecule has 0 spiro atoms. The van der Waals surface area contributed by atoms with Gasteiger partial charge in [0.05, 0.1) is 16.5 Å². The third-order valence-electron chi connectivity index (χ3n) is 7.14. The number of H-pyrrole nitrogens is 2. The predicted molar refractivity (Wildman–Crippen MR) is 147 cm³/mol. The molecular formula is C29H24N6O2. The minimum Gasteiger partial charge on any atom is -0.508 e. The number of piperazine rings is 1. The number of hydrogen-bond acceptors (Lipinski definition) is 6. The maximum atomic E-state index is 13.5. The van der Waals surface area contributed by atoms with E-state index in [4.69, 9.17) is 4.98 Å². The number of fused-ring (bicyclic) bond motifs is 5. The summed E-state index contributed by atoms with van der Waals surface area (Å²) in [5.41, 5.74) is 5.32. The number of rotatable bonds is 3. The fourth-order valence-electron chi connectivity index (χ4n) is 5.34. The number of phenols is 1. The topological polar surface area (TPSA) is 110 Å². The molecule has 37 heavy (non-hydrogen) atoms. The SMILES string of the molecule is O=c1[nH]c2ccccc2c2c1c(-c1ccc(O)cc1)nc1[nH]nc(-c3ccc(N4CCNCC4)cc3)c12. The van der Waals surface area contributed by atoms with Crippen molar-refractivity contribution in [3.05, 3.63) is 83.2 Å². The van der Waals surface area contributed by atoms with Crippen molar-refractivity contribution in [2.75, 3.05) is 31.1 Å².